The van der Waals surface area contributed by atoms with Gasteiger partial charge < -0.3 is 24.4 Å². The lowest BCUT2D eigenvalue weighted by molar-refractivity contribution is 0.204. The summed E-state index contributed by atoms with van der Waals surface area (Å²) in [5, 5.41) is 3.03. The Morgan fingerprint density at radius 3 is 2.26 bits per heavy atom. The number of hydrogen-bond donors (Lipinski definition) is 1. The molecule has 1 aromatic rings. The standard InChI is InChI=1S/C17H26N2O4/c1-11-6-7-19(10-11)17(20)18-12(2)13-8-14(21-3)16(23-5)15(9-13)22-4/h8-9,11-12H,6-7,10H2,1-5H3,(H,18,20)/t11-,12-/m0/s1. The zero-order valence-corrected chi connectivity index (χ0v) is 14.5. The Kier molecular flexibility index (Phi) is 5.58. The van der Waals surface area contributed by atoms with E-state index >= 15 is 0 Å². The van der Waals surface area contributed by atoms with Gasteiger partial charge >= 0.3 is 6.03 Å². The van der Waals surface area contributed by atoms with Crippen LogP contribution in [0, 0.1) is 5.92 Å². The van der Waals surface area contributed by atoms with Crippen LogP contribution in [0.3, 0.4) is 0 Å². The van der Waals surface area contributed by atoms with Crippen LogP contribution in [0.4, 0.5) is 4.79 Å². The van der Waals surface area contributed by atoms with E-state index in [-0.39, 0.29) is 12.1 Å². The zero-order valence-electron chi connectivity index (χ0n) is 14.5. The highest BCUT2D eigenvalue weighted by Crippen LogP contribution is 2.39. The zero-order chi connectivity index (χ0) is 17.0. The Labute approximate surface area is 137 Å². The van der Waals surface area contributed by atoms with Crippen LogP contribution in [0.15, 0.2) is 12.1 Å². The van der Waals surface area contributed by atoms with E-state index in [1.165, 1.54) is 0 Å². The Hall–Kier alpha value is -2.11. The molecule has 0 radical (unpaired) electrons. The van der Waals surface area contributed by atoms with E-state index in [4.69, 9.17) is 14.2 Å². The van der Waals surface area contributed by atoms with Crippen LogP contribution < -0.4 is 19.5 Å². The second kappa shape index (κ2) is 7.44. The molecule has 1 aliphatic rings. The maximum atomic E-state index is 12.3. The smallest absolute Gasteiger partial charge is 0.317 e. The summed E-state index contributed by atoms with van der Waals surface area (Å²) in [5.41, 5.74) is 0.903. The van der Waals surface area contributed by atoms with Gasteiger partial charge in [0.15, 0.2) is 11.5 Å². The summed E-state index contributed by atoms with van der Waals surface area (Å²) < 4.78 is 16.0. The highest BCUT2D eigenvalue weighted by Gasteiger charge is 2.25. The summed E-state index contributed by atoms with van der Waals surface area (Å²) in [6.07, 6.45) is 1.06. The molecule has 2 rings (SSSR count). The number of urea groups is 1. The Morgan fingerprint density at radius 1 is 1.22 bits per heavy atom. The summed E-state index contributed by atoms with van der Waals surface area (Å²) in [6, 6.07) is 3.53. The summed E-state index contributed by atoms with van der Waals surface area (Å²) >= 11 is 0. The van der Waals surface area contributed by atoms with Crippen molar-refractivity contribution in [2.45, 2.75) is 26.3 Å². The molecule has 1 fully saturated rings. The number of carbonyl (C=O) groups excluding carboxylic acids is 1. The van der Waals surface area contributed by atoms with Gasteiger partial charge in [-0.3, -0.25) is 0 Å². The summed E-state index contributed by atoms with van der Waals surface area (Å²) in [4.78, 5) is 14.2. The summed E-state index contributed by atoms with van der Waals surface area (Å²) in [7, 11) is 4.73. The third kappa shape index (κ3) is 3.81. The molecule has 0 saturated carbocycles. The van der Waals surface area contributed by atoms with Crippen molar-refractivity contribution in [1.82, 2.24) is 10.2 Å². The Bertz CT molecular complexity index is 537. The minimum atomic E-state index is -0.160. The van der Waals surface area contributed by atoms with Gasteiger partial charge in [-0.05, 0) is 37.0 Å². The van der Waals surface area contributed by atoms with Crippen molar-refractivity contribution in [3.63, 3.8) is 0 Å². The molecule has 1 heterocycles. The van der Waals surface area contributed by atoms with Gasteiger partial charge in [0.05, 0.1) is 27.4 Å². The topological polar surface area (TPSA) is 60.0 Å². The van der Waals surface area contributed by atoms with Crippen LogP contribution in [0.25, 0.3) is 0 Å². The van der Waals surface area contributed by atoms with E-state index in [9.17, 15) is 4.79 Å². The molecule has 1 saturated heterocycles. The fourth-order valence-corrected chi connectivity index (χ4v) is 2.83. The van der Waals surface area contributed by atoms with Crippen LogP contribution in [-0.2, 0) is 0 Å². The lowest BCUT2D eigenvalue weighted by Crippen LogP contribution is -2.39. The molecule has 2 atom stereocenters. The average Bonchev–Trinajstić information content (AvgIpc) is 2.99. The lowest BCUT2D eigenvalue weighted by atomic mass is 10.1. The van der Waals surface area contributed by atoms with Gasteiger partial charge in [-0.25, -0.2) is 4.79 Å². The maximum absolute atomic E-state index is 12.3. The molecule has 2 amide bonds. The monoisotopic (exact) mass is 322 g/mol. The molecule has 0 spiro atoms. The molecule has 23 heavy (non-hydrogen) atoms. The molecular weight excluding hydrogens is 296 g/mol. The van der Waals surface area contributed by atoms with Crippen molar-refractivity contribution >= 4 is 6.03 Å². The van der Waals surface area contributed by atoms with E-state index in [2.05, 4.69) is 12.2 Å². The third-order valence-electron chi connectivity index (χ3n) is 4.24. The number of nitrogens with zero attached hydrogens (tertiary/aromatic N) is 1. The van der Waals surface area contributed by atoms with Crippen molar-refractivity contribution in [2.24, 2.45) is 5.92 Å². The number of hydrogen-bond acceptors (Lipinski definition) is 4. The van der Waals surface area contributed by atoms with Gasteiger partial charge in [-0.1, -0.05) is 6.92 Å². The number of methoxy groups -OCH3 is 3. The minimum Gasteiger partial charge on any atom is -0.493 e. The summed E-state index contributed by atoms with van der Waals surface area (Å²) in [6.45, 7) is 5.73. The first kappa shape index (κ1) is 17.2. The lowest BCUT2D eigenvalue weighted by Gasteiger charge is -2.22. The molecule has 128 valence electrons. The molecular formula is C17H26N2O4. The van der Waals surface area contributed by atoms with Gasteiger partial charge in [0.25, 0.3) is 0 Å². The quantitative estimate of drug-likeness (QED) is 0.905. The van der Waals surface area contributed by atoms with Crippen molar-refractivity contribution in [2.75, 3.05) is 34.4 Å². The van der Waals surface area contributed by atoms with Crippen LogP contribution in [0.2, 0.25) is 0 Å². The molecule has 1 aliphatic heterocycles. The SMILES string of the molecule is COc1cc([C@H](C)NC(=O)N2CC[C@H](C)C2)cc(OC)c1OC. The van der Waals surface area contributed by atoms with E-state index in [0.717, 1.165) is 25.1 Å². The molecule has 0 aromatic heterocycles. The summed E-state index contributed by atoms with van der Waals surface area (Å²) in [5.74, 6) is 2.28. The molecule has 1 N–H and O–H groups in total. The molecule has 6 nitrogen and oxygen atoms in total. The first-order valence-electron chi connectivity index (χ1n) is 7.85. The third-order valence-corrected chi connectivity index (χ3v) is 4.24. The van der Waals surface area contributed by atoms with E-state index in [0.29, 0.717) is 23.2 Å². The highest BCUT2D eigenvalue weighted by molar-refractivity contribution is 5.75. The second-order valence-corrected chi connectivity index (χ2v) is 5.97. The number of nitrogens with one attached hydrogen (secondary N) is 1. The van der Waals surface area contributed by atoms with E-state index in [1.807, 2.05) is 24.0 Å². The van der Waals surface area contributed by atoms with Gasteiger partial charge in [-0.2, -0.15) is 0 Å². The number of benzene rings is 1. The van der Waals surface area contributed by atoms with Crippen molar-refractivity contribution < 1.29 is 19.0 Å². The van der Waals surface area contributed by atoms with Crippen LogP contribution in [0.5, 0.6) is 17.2 Å². The number of carbonyl (C=O) groups is 1. The minimum absolute atomic E-state index is 0.0319. The normalized spacial score (nSPS) is 18.5. The molecule has 0 unspecified atom stereocenters. The second-order valence-electron chi connectivity index (χ2n) is 5.97. The van der Waals surface area contributed by atoms with Gasteiger partial charge in [0.1, 0.15) is 0 Å². The van der Waals surface area contributed by atoms with Crippen LogP contribution >= 0.6 is 0 Å². The molecule has 6 heteroatoms. The number of ether oxygens (including phenoxy) is 3. The van der Waals surface area contributed by atoms with Gasteiger partial charge in [0, 0.05) is 13.1 Å². The van der Waals surface area contributed by atoms with E-state index < -0.39 is 0 Å². The highest BCUT2D eigenvalue weighted by atomic mass is 16.5. The van der Waals surface area contributed by atoms with Gasteiger partial charge in [-0.15, -0.1) is 0 Å². The molecule has 1 aromatic carbocycles. The predicted octanol–water partition coefficient (Wildman–Crippen LogP) is 2.82. The van der Waals surface area contributed by atoms with Crippen molar-refractivity contribution in [1.29, 1.82) is 0 Å². The average molecular weight is 322 g/mol. The van der Waals surface area contributed by atoms with Crippen molar-refractivity contribution in [3.8, 4) is 17.2 Å². The molecule has 0 aliphatic carbocycles. The number of rotatable bonds is 5. The fraction of sp³-hybridized carbons (Fsp3) is 0.588. The van der Waals surface area contributed by atoms with Gasteiger partial charge in [0.2, 0.25) is 5.75 Å². The first-order chi connectivity index (χ1) is 11.0. The molecule has 0 bridgehead atoms. The Morgan fingerprint density at radius 2 is 1.83 bits per heavy atom. The fourth-order valence-electron chi connectivity index (χ4n) is 2.83. The Balaban J connectivity index is 2.15. The van der Waals surface area contributed by atoms with Crippen molar-refractivity contribution in [3.05, 3.63) is 17.7 Å². The number of likely N-dealkylation sites (tertiary alicyclic amines) is 1. The van der Waals surface area contributed by atoms with Crippen LogP contribution in [0.1, 0.15) is 31.9 Å². The first-order valence-corrected chi connectivity index (χ1v) is 7.85. The largest absolute Gasteiger partial charge is 0.493 e. The van der Waals surface area contributed by atoms with Crippen LogP contribution in [-0.4, -0.2) is 45.3 Å². The van der Waals surface area contributed by atoms with E-state index in [1.54, 1.807) is 21.3 Å². The maximum Gasteiger partial charge on any atom is 0.317 e. The predicted molar refractivity (Wildman–Crippen MR) is 88.4 cm³/mol. The number of amides is 2.